The minimum absolute atomic E-state index is 0.00285. The van der Waals surface area contributed by atoms with Crippen molar-refractivity contribution < 1.29 is 23.1 Å². The molecule has 0 saturated heterocycles. The Morgan fingerprint density at radius 2 is 1.78 bits per heavy atom. The van der Waals surface area contributed by atoms with Gasteiger partial charge in [0, 0.05) is 10.6 Å². The minimum Gasteiger partial charge on any atom is -0.368 e. The van der Waals surface area contributed by atoms with Crippen LogP contribution in [-0.4, -0.2) is 17.2 Å². The van der Waals surface area contributed by atoms with Crippen LogP contribution in [0.25, 0.3) is 0 Å². The summed E-state index contributed by atoms with van der Waals surface area (Å²) < 4.78 is 40.1. The first-order valence-electron chi connectivity index (χ1n) is 6.70. The standard InChI is InChI=1S/C16H11ClF3NO2/c17-11-6-7-13-12(8-11)15(23,16(18,19)20)14(22)21(13)9-10-4-2-1-3-5-10/h1-8,23H,9H2. The molecule has 7 heteroatoms. The van der Waals surface area contributed by atoms with Crippen molar-refractivity contribution in [2.24, 2.45) is 0 Å². The highest BCUT2D eigenvalue weighted by atomic mass is 35.5. The maximum Gasteiger partial charge on any atom is 0.430 e. The molecule has 120 valence electrons. The van der Waals surface area contributed by atoms with Gasteiger partial charge >= 0.3 is 6.18 Å². The lowest BCUT2D eigenvalue weighted by atomic mass is 9.95. The van der Waals surface area contributed by atoms with E-state index < -0.39 is 23.2 Å². The molecule has 2 aromatic carbocycles. The van der Waals surface area contributed by atoms with Crippen LogP contribution in [0.2, 0.25) is 5.02 Å². The van der Waals surface area contributed by atoms with Crippen molar-refractivity contribution in [1.82, 2.24) is 0 Å². The number of carbonyl (C=O) groups excluding carboxylic acids is 1. The number of aliphatic hydroxyl groups is 1. The number of rotatable bonds is 2. The fourth-order valence-corrected chi connectivity index (χ4v) is 2.82. The quantitative estimate of drug-likeness (QED) is 0.906. The highest BCUT2D eigenvalue weighted by Gasteiger charge is 2.66. The first-order chi connectivity index (χ1) is 10.7. The molecule has 1 aliphatic rings. The van der Waals surface area contributed by atoms with Crippen LogP contribution in [0.15, 0.2) is 48.5 Å². The Hall–Kier alpha value is -2.05. The Kier molecular flexibility index (Phi) is 3.61. The summed E-state index contributed by atoms with van der Waals surface area (Å²) in [5, 5.41) is 10.2. The Labute approximate surface area is 134 Å². The van der Waals surface area contributed by atoms with E-state index in [0.29, 0.717) is 5.56 Å². The summed E-state index contributed by atoms with van der Waals surface area (Å²) in [4.78, 5) is 13.3. The second kappa shape index (κ2) is 5.25. The number of benzene rings is 2. The Morgan fingerprint density at radius 3 is 2.39 bits per heavy atom. The van der Waals surface area contributed by atoms with Gasteiger partial charge in [0.2, 0.25) is 0 Å². The minimum atomic E-state index is -5.14. The van der Waals surface area contributed by atoms with E-state index in [1.54, 1.807) is 30.3 Å². The zero-order chi connectivity index (χ0) is 16.8. The summed E-state index contributed by atoms with van der Waals surface area (Å²) in [7, 11) is 0. The van der Waals surface area contributed by atoms with Gasteiger partial charge in [-0.25, -0.2) is 0 Å². The summed E-state index contributed by atoms with van der Waals surface area (Å²) in [6.45, 7) is -0.0767. The molecule has 1 amide bonds. The summed E-state index contributed by atoms with van der Waals surface area (Å²) in [6, 6.07) is 12.2. The molecule has 1 atom stereocenters. The van der Waals surface area contributed by atoms with Crippen LogP contribution in [0, 0.1) is 0 Å². The summed E-state index contributed by atoms with van der Waals surface area (Å²) in [5.74, 6) is -1.42. The molecule has 0 aromatic heterocycles. The molecule has 2 aromatic rings. The average molecular weight is 342 g/mol. The van der Waals surface area contributed by atoms with Gasteiger partial charge in [0.15, 0.2) is 0 Å². The normalized spacial score (nSPS) is 20.7. The van der Waals surface area contributed by atoms with Crippen molar-refractivity contribution in [3.8, 4) is 0 Å². The van der Waals surface area contributed by atoms with Crippen molar-refractivity contribution in [2.75, 3.05) is 4.90 Å². The van der Waals surface area contributed by atoms with Crippen molar-refractivity contribution in [2.45, 2.75) is 18.3 Å². The van der Waals surface area contributed by atoms with Crippen LogP contribution in [0.3, 0.4) is 0 Å². The first kappa shape index (κ1) is 15.8. The number of halogens is 4. The zero-order valence-electron chi connectivity index (χ0n) is 11.6. The van der Waals surface area contributed by atoms with E-state index in [1.807, 2.05) is 0 Å². The third-order valence-electron chi connectivity index (χ3n) is 3.79. The molecule has 0 fully saturated rings. The Bertz CT molecular complexity index is 764. The van der Waals surface area contributed by atoms with Gasteiger partial charge in [-0.15, -0.1) is 0 Å². The molecule has 1 N–H and O–H groups in total. The molecule has 1 aliphatic heterocycles. The molecule has 0 saturated carbocycles. The summed E-state index contributed by atoms with van der Waals surface area (Å²) in [5.41, 5.74) is -3.48. The van der Waals surface area contributed by atoms with E-state index in [9.17, 15) is 23.1 Å². The molecule has 3 nitrogen and oxygen atoms in total. The largest absolute Gasteiger partial charge is 0.430 e. The van der Waals surface area contributed by atoms with E-state index >= 15 is 0 Å². The molecular formula is C16H11ClF3NO2. The molecule has 23 heavy (non-hydrogen) atoms. The van der Waals surface area contributed by atoms with Crippen molar-refractivity contribution in [3.63, 3.8) is 0 Å². The highest BCUT2D eigenvalue weighted by Crippen LogP contribution is 2.50. The lowest BCUT2D eigenvalue weighted by Crippen LogP contribution is -2.50. The number of hydrogen-bond acceptors (Lipinski definition) is 2. The van der Waals surface area contributed by atoms with Gasteiger partial charge in [-0.1, -0.05) is 41.9 Å². The Morgan fingerprint density at radius 1 is 1.13 bits per heavy atom. The molecule has 1 heterocycles. The molecule has 0 aliphatic carbocycles. The smallest absolute Gasteiger partial charge is 0.368 e. The van der Waals surface area contributed by atoms with E-state index in [0.717, 1.165) is 11.0 Å². The Balaban J connectivity index is 2.12. The van der Waals surface area contributed by atoms with Gasteiger partial charge in [-0.3, -0.25) is 4.79 Å². The predicted octanol–water partition coefficient (Wildman–Crippen LogP) is 3.64. The predicted molar refractivity (Wildman–Crippen MR) is 79.0 cm³/mol. The number of fused-ring (bicyclic) bond motifs is 1. The highest BCUT2D eigenvalue weighted by molar-refractivity contribution is 6.31. The molecule has 0 bridgehead atoms. The number of amides is 1. The number of anilines is 1. The monoisotopic (exact) mass is 341 g/mol. The van der Waals surface area contributed by atoms with Gasteiger partial charge < -0.3 is 10.0 Å². The summed E-state index contributed by atoms with van der Waals surface area (Å²) in [6.07, 6.45) is -5.14. The van der Waals surface area contributed by atoms with Crippen LogP contribution in [0.5, 0.6) is 0 Å². The number of nitrogens with zero attached hydrogens (tertiary/aromatic N) is 1. The molecule has 0 spiro atoms. The van der Waals surface area contributed by atoms with E-state index in [-0.39, 0.29) is 17.3 Å². The first-order valence-corrected chi connectivity index (χ1v) is 7.08. The van der Waals surface area contributed by atoms with E-state index in [4.69, 9.17) is 11.6 Å². The van der Waals surface area contributed by atoms with Crippen molar-refractivity contribution >= 4 is 23.2 Å². The fraction of sp³-hybridized carbons (Fsp3) is 0.188. The fourth-order valence-electron chi connectivity index (χ4n) is 2.65. The van der Waals surface area contributed by atoms with Crippen LogP contribution in [-0.2, 0) is 16.9 Å². The molecular weight excluding hydrogens is 331 g/mol. The van der Waals surface area contributed by atoms with Crippen LogP contribution in [0.4, 0.5) is 18.9 Å². The maximum absolute atomic E-state index is 13.4. The second-order valence-electron chi connectivity index (χ2n) is 5.25. The lowest BCUT2D eigenvalue weighted by molar-refractivity contribution is -0.253. The third kappa shape index (κ3) is 2.38. The summed E-state index contributed by atoms with van der Waals surface area (Å²) >= 11 is 5.75. The molecule has 0 radical (unpaired) electrons. The van der Waals surface area contributed by atoms with Gasteiger partial charge in [-0.05, 0) is 23.8 Å². The van der Waals surface area contributed by atoms with Gasteiger partial charge in [0.25, 0.3) is 11.5 Å². The van der Waals surface area contributed by atoms with Gasteiger partial charge in [0.05, 0.1) is 12.2 Å². The maximum atomic E-state index is 13.4. The van der Waals surface area contributed by atoms with Crippen LogP contribution >= 0.6 is 11.6 Å². The van der Waals surface area contributed by atoms with E-state index in [1.165, 1.54) is 12.1 Å². The average Bonchev–Trinajstić information content (AvgIpc) is 2.71. The topological polar surface area (TPSA) is 40.5 Å². The van der Waals surface area contributed by atoms with Crippen molar-refractivity contribution in [3.05, 3.63) is 64.7 Å². The number of carbonyl (C=O) groups is 1. The number of hydrogen-bond donors (Lipinski definition) is 1. The lowest BCUT2D eigenvalue weighted by Gasteiger charge is -2.25. The van der Waals surface area contributed by atoms with E-state index in [2.05, 4.69) is 0 Å². The second-order valence-corrected chi connectivity index (χ2v) is 5.68. The van der Waals surface area contributed by atoms with Gasteiger partial charge in [0.1, 0.15) is 0 Å². The number of alkyl halides is 3. The van der Waals surface area contributed by atoms with Crippen LogP contribution < -0.4 is 4.90 Å². The van der Waals surface area contributed by atoms with Gasteiger partial charge in [-0.2, -0.15) is 13.2 Å². The molecule has 3 rings (SSSR count). The SMILES string of the molecule is O=C1N(Cc2ccccc2)c2ccc(Cl)cc2C1(O)C(F)(F)F. The van der Waals surface area contributed by atoms with Crippen molar-refractivity contribution in [1.29, 1.82) is 0 Å². The zero-order valence-corrected chi connectivity index (χ0v) is 12.4. The molecule has 1 unspecified atom stereocenters. The third-order valence-corrected chi connectivity index (χ3v) is 4.02. The van der Waals surface area contributed by atoms with Crippen LogP contribution in [0.1, 0.15) is 11.1 Å².